The highest BCUT2D eigenvalue weighted by molar-refractivity contribution is 6.30. The minimum Gasteiger partial charge on any atom is -0.332 e. The monoisotopic (exact) mass is 330 g/mol. The number of hydrogen-bond donors (Lipinski definition) is 0. The van der Waals surface area contributed by atoms with E-state index in [4.69, 9.17) is 16.1 Å². The van der Waals surface area contributed by atoms with Gasteiger partial charge in [-0.15, -0.1) is 0 Å². The van der Waals surface area contributed by atoms with Crippen molar-refractivity contribution < 1.29 is 4.52 Å². The van der Waals surface area contributed by atoms with E-state index < -0.39 is 0 Å². The predicted octanol–water partition coefficient (Wildman–Crippen LogP) is 3.41. The molecule has 0 aliphatic carbocycles. The first kappa shape index (κ1) is 15.4. The van der Waals surface area contributed by atoms with Gasteiger partial charge >= 0.3 is 0 Å². The highest BCUT2D eigenvalue weighted by atomic mass is 35.5. The molecule has 118 valence electrons. The molecule has 7 heteroatoms. The van der Waals surface area contributed by atoms with Gasteiger partial charge in [0.05, 0.1) is 0 Å². The molecule has 0 aliphatic heterocycles. The summed E-state index contributed by atoms with van der Waals surface area (Å²) in [5, 5.41) is 8.83. The van der Waals surface area contributed by atoms with E-state index in [-0.39, 0.29) is 11.4 Å². The lowest BCUT2D eigenvalue weighted by molar-refractivity contribution is 0.428. The van der Waals surface area contributed by atoms with Crippen LogP contribution in [0, 0.1) is 0 Å². The van der Waals surface area contributed by atoms with Gasteiger partial charge in [0.1, 0.15) is 5.69 Å². The fraction of sp³-hybridized carbons (Fsp3) is 0.250. The Bertz CT molecular complexity index is 872. The van der Waals surface area contributed by atoms with Crippen molar-refractivity contribution >= 4 is 11.6 Å². The Balaban J connectivity index is 1.92. The molecular weight excluding hydrogens is 316 g/mol. The van der Waals surface area contributed by atoms with Crippen molar-refractivity contribution in [3.8, 4) is 23.0 Å². The molecule has 0 saturated carbocycles. The molecule has 23 heavy (non-hydrogen) atoms. The summed E-state index contributed by atoms with van der Waals surface area (Å²) in [4.78, 5) is 16.1. The van der Waals surface area contributed by atoms with Gasteiger partial charge in [-0.2, -0.15) is 10.1 Å². The summed E-state index contributed by atoms with van der Waals surface area (Å²) in [6.07, 6.45) is 1.87. The number of aryl methyl sites for hydroxylation is 1. The van der Waals surface area contributed by atoms with Crippen LogP contribution in [0.3, 0.4) is 0 Å². The Labute approximate surface area is 137 Å². The van der Waals surface area contributed by atoms with E-state index in [0.717, 1.165) is 18.4 Å². The molecule has 0 unspecified atom stereocenters. The minimum absolute atomic E-state index is 0.142. The van der Waals surface area contributed by atoms with E-state index in [2.05, 4.69) is 22.2 Å². The molecule has 0 saturated heterocycles. The highest BCUT2D eigenvalue weighted by Crippen LogP contribution is 2.22. The van der Waals surface area contributed by atoms with E-state index in [1.54, 1.807) is 18.2 Å². The second-order valence-electron chi connectivity index (χ2n) is 5.07. The van der Waals surface area contributed by atoms with E-state index in [0.29, 0.717) is 23.1 Å². The largest absolute Gasteiger partial charge is 0.332 e. The van der Waals surface area contributed by atoms with Gasteiger partial charge in [-0.25, -0.2) is 4.68 Å². The second-order valence-corrected chi connectivity index (χ2v) is 5.50. The maximum atomic E-state index is 11.8. The van der Waals surface area contributed by atoms with Crippen LogP contribution in [0.4, 0.5) is 0 Å². The van der Waals surface area contributed by atoms with Crippen molar-refractivity contribution in [2.75, 3.05) is 0 Å². The van der Waals surface area contributed by atoms with Gasteiger partial charge in [-0.1, -0.05) is 42.2 Å². The zero-order valence-electron chi connectivity index (χ0n) is 12.6. The number of rotatable bonds is 5. The molecule has 2 aromatic heterocycles. The number of unbranched alkanes of at least 4 members (excludes halogenated alkanes) is 1. The smallest absolute Gasteiger partial charge is 0.278 e. The number of nitrogens with zero attached hydrogens (tertiary/aromatic N) is 4. The summed E-state index contributed by atoms with van der Waals surface area (Å²) in [7, 11) is 0. The average Bonchev–Trinajstić information content (AvgIpc) is 3.04. The normalized spacial score (nSPS) is 10.9. The third kappa shape index (κ3) is 3.48. The van der Waals surface area contributed by atoms with E-state index in [1.165, 1.54) is 10.7 Å². The summed E-state index contributed by atoms with van der Waals surface area (Å²) in [6.45, 7) is 2.63. The summed E-state index contributed by atoms with van der Waals surface area (Å²) in [5.41, 5.74) is 1.09. The summed E-state index contributed by atoms with van der Waals surface area (Å²) in [5.74, 6) is 0.695. The molecule has 0 atom stereocenters. The molecule has 0 fully saturated rings. The van der Waals surface area contributed by atoms with Crippen molar-refractivity contribution in [1.29, 1.82) is 0 Å². The molecule has 0 spiro atoms. The van der Waals surface area contributed by atoms with Crippen molar-refractivity contribution in [2.45, 2.75) is 26.3 Å². The van der Waals surface area contributed by atoms with Crippen LogP contribution in [-0.2, 0) is 6.54 Å². The topological polar surface area (TPSA) is 73.8 Å². The predicted molar refractivity (Wildman–Crippen MR) is 87.1 cm³/mol. The first-order chi connectivity index (χ1) is 11.2. The Morgan fingerprint density at radius 3 is 2.91 bits per heavy atom. The summed E-state index contributed by atoms with van der Waals surface area (Å²) < 4.78 is 6.68. The Kier molecular flexibility index (Phi) is 4.52. The molecule has 3 aromatic rings. The minimum atomic E-state index is -0.142. The first-order valence-electron chi connectivity index (χ1n) is 7.35. The summed E-state index contributed by atoms with van der Waals surface area (Å²) >= 11 is 5.97. The molecule has 6 nitrogen and oxygen atoms in total. The third-order valence-corrected chi connectivity index (χ3v) is 3.55. The SMILES string of the molecule is CCCCn1nc(-c2nc(-c3cccc(Cl)c3)no2)ccc1=O. The van der Waals surface area contributed by atoms with Crippen LogP contribution in [0.1, 0.15) is 19.8 Å². The van der Waals surface area contributed by atoms with Gasteiger partial charge in [-0.3, -0.25) is 4.79 Å². The van der Waals surface area contributed by atoms with Crippen LogP contribution in [0.25, 0.3) is 23.0 Å². The lowest BCUT2D eigenvalue weighted by Crippen LogP contribution is -2.22. The third-order valence-electron chi connectivity index (χ3n) is 3.32. The highest BCUT2D eigenvalue weighted by Gasteiger charge is 2.13. The first-order valence-corrected chi connectivity index (χ1v) is 7.73. The maximum Gasteiger partial charge on any atom is 0.278 e. The van der Waals surface area contributed by atoms with Gasteiger partial charge < -0.3 is 4.52 Å². The molecule has 0 bridgehead atoms. The number of hydrogen-bond acceptors (Lipinski definition) is 5. The lowest BCUT2D eigenvalue weighted by atomic mass is 10.2. The molecule has 2 heterocycles. The number of aromatic nitrogens is 4. The fourth-order valence-electron chi connectivity index (χ4n) is 2.10. The molecule has 0 amide bonds. The zero-order chi connectivity index (χ0) is 16.2. The van der Waals surface area contributed by atoms with Crippen LogP contribution in [-0.4, -0.2) is 19.9 Å². The van der Waals surface area contributed by atoms with E-state index in [1.807, 2.05) is 12.1 Å². The van der Waals surface area contributed by atoms with Crippen LogP contribution >= 0.6 is 11.6 Å². The Hall–Kier alpha value is -2.47. The molecule has 0 N–H and O–H groups in total. The zero-order valence-corrected chi connectivity index (χ0v) is 13.3. The Morgan fingerprint density at radius 2 is 2.13 bits per heavy atom. The van der Waals surface area contributed by atoms with Crippen molar-refractivity contribution in [1.82, 2.24) is 19.9 Å². The number of benzene rings is 1. The van der Waals surface area contributed by atoms with Gasteiger partial charge in [0.25, 0.3) is 11.4 Å². The van der Waals surface area contributed by atoms with Crippen molar-refractivity contribution in [3.05, 3.63) is 51.8 Å². The standard InChI is InChI=1S/C16H15ClN4O2/c1-2-3-9-21-14(22)8-7-13(19-21)16-18-15(20-23-16)11-5-4-6-12(17)10-11/h4-8,10H,2-3,9H2,1H3. The molecule has 0 radical (unpaired) electrons. The molecule has 3 rings (SSSR count). The van der Waals surface area contributed by atoms with Gasteiger partial charge in [0.15, 0.2) is 0 Å². The summed E-state index contributed by atoms with van der Waals surface area (Å²) in [6, 6.07) is 10.2. The lowest BCUT2D eigenvalue weighted by Gasteiger charge is -2.03. The van der Waals surface area contributed by atoms with E-state index >= 15 is 0 Å². The second kappa shape index (κ2) is 6.75. The quantitative estimate of drug-likeness (QED) is 0.716. The van der Waals surface area contributed by atoms with E-state index in [9.17, 15) is 4.79 Å². The average molecular weight is 331 g/mol. The maximum absolute atomic E-state index is 11.8. The van der Waals surface area contributed by atoms with Crippen molar-refractivity contribution in [3.63, 3.8) is 0 Å². The Morgan fingerprint density at radius 1 is 1.26 bits per heavy atom. The molecular formula is C16H15ClN4O2. The molecule has 1 aromatic carbocycles. The van der Waals surface area contributed by atoms with Crippen molar-refractivity contribution in [2.24, 2.45) is 0 Å². The van der Waals surface area contributed by atoms with Gasteiger partial charge in [0.2, 0.25) is 5.82 Å². The van der Waals surface area contributed by atoms with Crippen LogP contribution in [0.2, 0.25) is 5.02 Å². The van der Waals surface area contributed by atoms with Crippen LogP contribution in [0.15, 0.2) is 45.7 Å². The van der Waals surface area contributed by atoms with Gasteiger partial charge in [-0.05, 0) is 24.6 Å². The molecule has 0 aliphatic rings. The van der Waals surface area contributed by atoms with Crippen LogP contribution in [0.5, 0.6) is 0 Å². The fourth-order valence-corrected chi connectivity index (χ4v) is 2.29. The van der Waals surface area contributed by atoms with Crippen LogP contribution < -0.4 is 5.56 Å². The number of halogens is 1. The van der Waals surface area contributed by atoms with Gasteiger partial charge in [0, 0.05) is 23.2 Å².